The molecule has 0 saturated carbocycles. The highest BCUT2D eigenvalue weighted by Gasteiger charge is 2.11. The van der Waals surface area contributed by atoms with Crippen LogP contribution in [0.5, 0.6) is 0 Å². The van der Waals surface area contributed by atoms with Gasteiger partial charge in [-0.25, -0.2) is 5.84 Å². The monoisotopic (exact) mass is 263 g/mol. The fraction of sp³-hybridized carbons (Fsp3) is 0.167. The van der Waals surface area contributed by atoms with Gasteiger partial charge in [0.2, 0.25) is 0 Å². The lowest BCUT2D eigenvalue weighted by molar-refractivity contribution is 0.0944. The highest BCUT2D eigenvalue weighted by molar-refractivity contribution is 7.98. The summed E-state index contributed by atoms with van der Waals surface area (Å²) in [5, 5.41) is 3.63. The van der Waals surface area contributed by atoms with E-state index in [4.69, 9.17) is 10.4 Å². The molecule has 0 radical (unpaired) electrons. The van der Waals surface area contributed by atoms with Gasteiger partial charge in [0.1, 0.15) is 5.76 Å². The van der Waals surface area contributed by atoms with Crippen molar-refractivity contribution in [1.29, 1.82) is 0 Å². The van der Waals surface area contributed by atoms with Crippen molar-refractivity contribution in [3.05, 3.63) is 47.3 Å². The number of aromatic nitrogens is 1. The first-order valence-corrected chi connectivity index (χ1v) is 6.33. The van der Waals surface area contributed by atoms with Gasteiger partial charge in [-0.2, -0.15) is 0 Å². The number of carbonyl (C=O) groups excluding carboxylic acids is 1. The molecule has 1 aromatic heterocycles. The minimum absolute atomic E-state index is 0.192. The predicted molar refractivity (Wildman–Crippen MR) is 68.9 cm³/mol. The summed E-state index contributed by atoms with van der Waals surface area (Å²) in [5.41, 5.74) is 3.42. The Hall–Kier alpha value is -1.79. The van der Waals surface area contributed by atoms with Gasteiger partial charge in [-0.15, -0.1) is 11.8 Å². The summed E-state index contributed by atoms with van der Waals surface area (Å²) in [4.78, 5) is 12.3. The number of benzene rings is 1. The van der Waals surface area contributed by atoms with E-state index in [0.717, 1.165) is 4.90 Å². The molecular formula is C12H13N3O2S. The van der Waals surface area contributed by atoms with Gasteiger partial charge in [0.15, 0.2) is 5.69 Å². The number of carbonyl (C=O) groups is 1. The molecular weight excluding hydrogens is 250 g/mol. The number of nitrogens with two attached hydrogens (primary N) is 1. The first-order chi connectivity index (χ1) is 8.69. The van der Waals surface area contributed by atoms with Crippen molar-refractivity contribution in [2.75, 3.05) is 0 Å². The Morgan fingerprint density at radius 1 is 1.44 bits per heavy atom. The Bertz CT molecular complexity index is 537. The molecule has 0 aliphatic carbocycles. The second-order valence-electron chi connectivity index (χ2n) is 3.75. The Morgan fingerprint density at radius 2 is 2.17 bits per heavy atom. The van der Waals surface area contributed by atoms with E-state index < -0.39 is 5.91 Å². The quantitative estimate of drug-likeness (QED) is 0.381. The summed E-state index contributed by atoms with van der Waals surface area (Å²) in [6.07, 6.45) is 0. The van der Waals surface area contributed by atoms with Crippen LogP contribution in [0.15, 0.2) is 39.8 Å². The maximum atomic E-state index is 11.2. The van der Waals surface area contributed by atoms with Crippen molar-refractivity contribution in [3.8, 4) is 0 Å². The van der Waals surface area contributed by atoms with Gasteiger partial charge in [0.25, 0.3) is 5.91 Å². The Labute approximate surface area is 109 Å². The normalized spacial score (nSPS) is 10.3. The molecule has 0 aliphatic heterocycles. The van der Waals surface area contributed by atoms with Crippen molar-refractivity contribution >= 4 is 17.7 Å². The molecule has 1 aromatic carbocycles. The number of nitrogen functional groups attached to an aromatic ring is 1. The number of hydrazine groups is 1. The van der Waals surface area contributed by atoms with Crippen LogP contribution in [0.1, 0.15) is 21.8 Å². The molecule has 1 heterocycles. The summed E-state index contributed by atoms with van der Waals surface area (Å²) in [5.74, 6) is 5.81. The van der Waals surface area contributed by atoms with E-state index in [0.29, 0.717) is 11.5 Å². The van der Waals surface area contributed by atoms with Gasteiger partial charge < -0.3 is 4.52 Å². The van der Waals surface area contributed by atoms with Crippen LogP contribution in [0.4, 0.5) is 0 Å². The molecule has 1 amide bonds. The van der Waals surface area contributed by atoms with E-state index in [-0.39, 0.29) is 5.69 Å². The summed E-state index contributed by atoms with van der Waals surface area (Å²) >= 11 is 1.62. The van der Waals surface area contributed by atoms with E-state index in [9.17, 15) is 4.79 Å². The van der Waals surface area contributed by atoms with Gasteiger partial charge in [-0.05, 0) is 19.1 Å². The van der Waals surface area contributed by atoms with Crippen molar-refractivity contribution < 1.29 is 9.32 Å². The first kappa shape index (κ1) is 12.7. The second-order valence-corrected chi connectivity index (χ2v) is 4.80. The SMILES string of the molecule is Cc1ccc(SCc2cc(C(=O)NN)no2)cc1. The topological polar surface area (TPSA) is 81.2 Å². The Balaban J connectivity index is 1.96. The summed E-state index contributed by atoms with van der Waals surface area (Å²) in [7, 11) is 0. The van der Waals surface area contributed by atoms with Crippen LogP contribution in [-0.2, 0) is 5.75 Å². The Morgan fingerprint density at radius 3 is 2.83 bits per heavy atom. The maximum Gasteiger partial charge on any atom is 0.287 e. The van der Waals surface area contributed by atoms with E-state index in [1.165, 1.54) is 5.56 Å². The maximum absolute atomic E-state index is 11.2. The fourth-order valence-corrected chi connectivity index (χ4v) is 2.12. The van der Waals surface area contributed by atoms with Gasteiger partial charge in [-0.3, -0.25) is 10.2 Å². The van der Waals surface area contributed by atoms with Crippen molar-refractivity contribution in [2.45, 2.75) is 17.6 Å². The van der Waals surface area contributed by atoms with Crippen LogP contribution in [0.3, 0.4) is 0 Å². The van der Waals surface area contributed by atoms with Crippen LogP contribution >= 0.6 is 11.8 Å². The minimum atomic E-state index is -0.453. The lowest BCUT2D eigenvalue weighted by Gasteiger charge is -1.98. The number of rotatable bonds is 4. The van der Waals surface area contributed by atoms with E-state index in [2.05, 4.69) is 17.3 Å². The standard InChI is InChI=1S/C12H13N3O2S/c1-8-2-4-10(5-3-8)18-7-9-6-11(15-17-9)12(16)14-13/h2-6H,7,13H2,1H3,(H,14,16). The zero-order valence-corrected chi connectivity index (χ0v) is 10.7. The number of amides is 1. The summed E-state index contributed by atoms with van der Waals surface area (Å²) < 4.78 is 5.05. The van der Waals surface area contributed by atoms with E-state index in [1.807, 2.05) is 24.5 Å². The van der Waals surface area contributed by atoms with E-state index >= 15 is 0 Å². The fourth-order valence-electron chi connectivity index (χ4n) is 1.35. The highest BCUT2D eigenvalue weighted by Crippen LogP contribution is 2.23. The van der Waals surface area contributed by atoms with Crippen LogP contribution in [0.2, 0.25) is 0 Å². The van der Waals surface area contributed by atoms with Gasteiger partial charge in [0.05, 0.1) is 5.75 Å². The number of hydrogen-bond acceptors (Lipinski definition) is 5. The molecule has 0 spiro atoms. The number of hydrogen-bond donors (Lipinski definition) is 2. The molecule has 5 nitrogen and oxygen atoms in total. The zero-order chi connectivity index (χ0) is 13.0. The predicted octanol–water partition coefficient (Wildman–Crippen LogP) is 1.88. The molecule has 2 aromatic rings. The minimum Gasteiger partial charge on any atom is -0.360 e. The molecule has 0 fully saturated rings. The molecule has 2 rings (SSSR count). The van der Waals surface area contributed by atoms with Crippen LogP contribution in [0, 0.1) is 6.92 Å². The highest BCUT2D eigenvalue weighted by atomic mass is 32.2. The molecule has 0 bridgehead atoms. The first-order valence-electron chi connectivity index (χ1n) is 5.35. The lowest BCUT2D eigenvalue weighted by atomic mass is 10.2. The van der Waals surface area contributed by atoms with Crippen molar-refractivity contribution in [3.63, 3.8) is 0 Å². The molecule has 6 heteroatoms. The molecule has 0 saturated heterocycles. The van der Waals surface area contributed by atoms with Gasteiger partial charge in [0, 0.05) is 11.0 Å². The Kier molecular flexibility index (Phi) is 4.01. The van der Waals surface area contributed by atoms with Gasteiger partial charge in [-0.1, -0.05) is 22.9 Å². The average molecular weight is 263 g/mol. The number of thioether (sulfide) groups is 1. The second kappa shape index (κ2) is 5.70. The third kappa shape index (κ3) is 3.12. The van der Waals surface area contributed by atoms with Crippen LogP contribution < -0.4 is 11.3 Å². The molecule has 3 N–H and O–H groups in total. The molecule has 94 valence electrons. The van der Waals surface area contributed by atoms with Crippen LogP contribution in [-0.4, -0.2) is 11.1 Å². The van der Waals surface area contributed by atoms with E-state index in [1.54, 1.807) is 17.8 Å². The zero-order valence-electron chi connectivity index (χ0n) is 9.84. The van der Waals surface area contributed by atoms with Crippen LogP contribution in [0.25, 0.3) is 0 Å². The van der Waals surface area contributed by atoms with Gasteiger partial charge >= 0.3 is 0 Å². The third-order valence-corrected chi connectivity index (χ3v) is 3.36. The molecule has 0 atom stereocenters. The van der Waals surface area contributed by atoms with Crippen molar-refractivity contribution in [2.24, 2.45) is 5.84 Å². The number of nitrogens with one attached hydrogen (secondary N) is 1. The molecule has 0 unspecified atom stereocenters. The number of aryl methyl sites for hydroxylation is 1. The molecule has 18 heavy (non-hydrogen) atoms. The van der Waals surface area contributed by atoms with Crippen molar-refractivity contribution in [1.82, 2.24) is 10.6 Å². The number of nitrogens with zero attached hydrogens (tertiary/aromatic N) is 1. The summed E-state index contributed by atoms with van der Waals surface area (Å²) in [6.45, 7) is 2.04. The average Bonchev–Trinajstić information content (AvgIpc) is 2.86. The third-order valence-electron chi connectivity index (χ3n) is 2.32. The smallest absolute Gasteiger partial charge is 0.287 e. The largest absolute Gasteiger partial charge is 0.360 e. The summed E-state index contributed by atoms with van der Waals surface area (Å²) in [6, 6.07) is 9.78. The lowest BCUT2D eigenvalue weighted by Crippen LogP contribution is -2.30. The molecule has 0 aliphatic rings.